The zero-order valence-electron chi connectivity index (χ0n) is 14.1. The molecule has 6 atom stereocenters. The molecular weight excluding hydrogens is 376 g/mol. The van der Waals surface area contributed by atoms with Gasteiger partial charge in [0, 0.05) is 0 Å². The Balaban J connectivity index is 1.80. The Morgan fingerprint density at radius 1 is 1.22 bits per heavy atom. The average Bonchev–Trinajstić information content (AvgIpc) is 3.09. The van der Waals surface area contributed by atoms with Crippen molar-refractivity contribution in [1.82, 2.24) is 0 Å². The van der Waals surface area contributed by atoms with Crippen molar-refractivity contribution in [1.29, 1.82) is 0 Å². The maximum absolute atomic E-state index is 10.9. The highest BCUT2D eigenvalue weighted by Crippen LogP contribution is 2.35. The van der Waals surface area contributed by atoms with Gasteiger partial charge in [0.15, 0.2) is 6.10 Å². The normalized spacial score (nSPS) is 30.3. The third kappa shape index (κ3) is 6.04. The summed E-state index contributed by atoms with van der Waals surface area (Å²) in [5.41, 5.74) is 0. The van der Waals surface area contributed by atoms with Crippen molar-refractivity contribution >= 4 is 6.16 Å². The van der Waals surface area contributed by atoms with Crippen molar-refractivity contribution in [2.45, 2.75) is 62.3 Å². The Labute approximate surface area is 152 Å². The molecule has 0 amide bonds. The number of hydrogen-bond acceptors (Lipinski definition) is 11. The molecule has 0 spiro atoms. The highest BCUT2D eigenvalue weighted by Gasteiger charge is 2.53. The number of carbonyl (C=O) groups is 1. The number of ether oxygens (including phenoxy) is 3. The van der Waals surface area contributed by atoms with Gasteiger partial charge < -0.3 is 34.1 Å². The van der Waals surface area contributed by atoms with Crippen molar-refractivity contribution in [3.05, 3.63) is 20.2 Å². The van der Waals surface area contributed by atoms with Gasteiger partial charge in [-0.15, -0.1) is 20.2 Å². The predicted molar refractivity (Wildman–Crippen MR) is 80.6 cm³/mol. The smallest absolute Gasteiger partial charge is 0.450 e. The van der Waals surface area contributed by atoms with Gasteiger partial charge in [0.2, 0.25) is 0 Å². The largest absolute Gasteiger partial charge is 0.506 e. The van der Waals surface area contributed by atoms with Gasteiger partial charge in [0.05, 0.1) is 12.7 Å². The second-order valence-corrected chi connectivity index (χ2v) is 6.11. The van der Waals surface area contributed by atoms with Gasteiger partial charge in [-0.25, -0.2) is 4.79 Å². The van der Waals surface area contributed by atoms with Gasteiger partial charge in [-0.05, 0) is 12.8 Å². The molecule has 0 bridgehead atoms. The van der Waals surface area contributed by atoms with E-state index in [4.69, 9.17) is 19.3 Å². The minimum Gasteiger partial charge on any atom is -0.450 e. The van der Waals surface area contributed by atoms with Crippen LogP contribution in [0.3, 0.4) is 0 Å². The van der Waals surface area contributed by atoms with Crippen LogP contribution in [0.15, 0.2) is 0 Å². The van der Waals surface area contributed by atoms with E-state index in [9.17, 15) is 30.1 Å². The third-order valence-electron chi connectivity index (χ3n) is 4.29. The zero-order chi connectivity index (χ0) is 20.0. The summed E-state index contributed by atoms with van der Waals surface area (Å²) >= 11 is 0. The lowest BCUT2D eigenvalue weighted by molar-refractivity contribution is -0.790. The molecule has 2 unspecified atom stereocenters. The van der Waals surface area contributed by atoms with Crippen molar-refractivity contribution < 1.29 is 49.1 Å². The zero-order valence-corrected chi connectivity index (χ0v) is 14.1. The molecule has 14 nitrogen and oxygen atoms in total. The first-order chi connectivity index (χ1) is 12.8. The summed E-state index contributed by atoms with van der Waals surface area (Å²) in [5, 5.41) is 37.1. The maximum Gasteiger partial charge on any atom is 0.506 e. The third-order valence-corrected chi connectivity index (χ3v) is 4.29. The van der Waals surface area contributed by atoms with Crippen LogP contribution in [0.4, 0.5) is 4.79 Å². The first-order valence-corrected chi connectivity index (χ1v) is 8.21. The van der Waals surface area contributed by atoms with E-state index in [2.05, 4.69) is 9.68 Å². The fourth-order valence-electron chi connectivity index (χ4n) is 3.20. The van der Waals surface area contributed by atoms with E-state index in [-0.39, 0.29) is 13.0 Å². The topological polar surface area (TPSA) is 190 Å². The summed E-state index contributed by atoms with van der Waals surface area (Å²) < 4.78 is 15.8. The summed E-state index contributed by atoms with van der Waals surface area (Å²) in [5.74, 6) is 0. The van der Waals surface area contributed by atoms with Crippen LogP contribution in [0, 0.1) is 20.2 Å². The summed E-state index contributed by atoms with van der Waals surface area (Å²) in [6.45, 7) is -0.555. The number of nitrogens with zero attached hydrogens (tertiary/aromatic N) is 2. The molecule has 0 aliphatic carbocycles. The van der Waals surface area contributed by atoms with E-state index in [1.165, 1.54) is 0 Å². The van der Waals surface area contributed by atoms with E-state index in [0.717, 1.165) is 0 Å². The highest BCUT2D eigenvalue weighted by molar-refractivity contribution is 5.57. The van der Waals surface area contributed by atoms with Crippen molar-refractivity contribution in [2.24, 2.45) is 0 Å². The van der Waals surface area contributed by atoms with E-state index < -0.39 is 59.6 Å². The Kier molecular flexibility index (Phi) is 7.32. The maximum atomic E-state index is 10.9. The molecule has 0 aromatic carbocycles. The van der Waals surface area contributed by atoms with E-state index in [0.29, 0.717) is 19.3 Å². The molecule has 14 heteroatoms. The molecule has 2 saturated heterocycles. The SMILES string of the molecule is O=C(O)O[C@@H]1C(CCCCC(CO[N+](=O)[O-])O[N+](=O)[O-])O[C@H]2[C@H]1OC[C@H]2O. The lowest BCUT2D eigenvalue weighted by Crippen LogP contribution is -2.36. The van der Waals surface area contributed by atoms with Crippen LogP contribution in [-0.2, 0) is 23.9 Å². The van der Waals surface area contributed by atoms with E-state index >= 15 is 0 Å². The van der Waals surface area contributed by atoms with Crippen LogP contribution >= 0.6 is 0 Å². The quantitative estimate of drug-likeness (QED) is 0.205. The molecule has 2 aliphatic rings. The van der Waals surface area contributed by atoms with Crippen molar-refractivity contribution in [3.8, 4) is 0 Å². The molecule has 0 aromatic heterocycles. The lowest BCUT2D eigenvalue weighted by atomic mass is 10.0. The number of unbranched alkanes of at least 4 members (excludes halogenated alkanes) is 1. The van der Waals surface area contributed by atoms with Crippen LogP contribution in [0.1, 0.15) is 25.7 Å². The Morgan fingerprint density at radius 2 is 1.96 bits per heavy atom. The Hall–Kier alpha value is -2.45. The van der Waals surface area contributed by atoms with Crippen LogP contribution < -0.4 is 0 Å². The number of aliphatic hydroxyl groups is 1. The van der Waals surface area contributed by atoms with Crippen LogP contribution in [0.2, 0.25) is 0 Å². The number of hydrogen-bond donors (Lipinski definition) is 2. The summed E-state index contributed by atoms with van der Waals surface area (Å²) in [6.07, 6.45) is -5.13. The Bertz CT molecular complexity index is 545. The van der Waals surface area contributed by atoms with Gasteiger partial charge in [-0.3, -0.25) is 0 Å². The van der Waals surface area contributed by atoms with Gasteiger partial charge in [-0.2, -0.15) is 0 Å². The Morgan fingerprint density at radius 3 is 2.59 bits per heavy atom. The number of fused-ring (bicyclic) bond motifs is 1. The highest BCUT2D eigenvalue weighted by atomic mass is 17.0. The molecule has 0 aromatic rings. The molecule has 0 saturated carbocycles. The summed E-state index contributed by atoms with van der Waals surface area (Å²) in [6, 6.07) is 0. The second-order valence-electron chi connectivity index (χ2n) is 6.11. The summed E-state index contributed by atoms with van der Waals surface area (Å²) in [4.78, 5) is 39.9. The summed E-state index contributed by atoms with van der Waals surface area (Å²) in [7, 11) is 0. The monoisotopic (exact) mass is 396 g/mol. The molecule has 2 aliphatic heterocycles. The fraction of sp³-hybridized carbons (Fsp3) is 0.923. The molecule has 2 rings (SSSR count). The van der Waals surface area contributed by atoms with E-state index in [1.54, 1.807) is 0 Å². The standard InChI is InChI=1S/C13H20N2O12/c16-8-6-23-12-10(8)25-9(11(12)26-13(17)18)4-2-1-3-7(27-15(21)22)5-24-14(19)20/h7-12,16H,1-6H2,(H,17,18)/t7?,8-,9?,10-,11-,12-/m1/s1. The van der Waals surface area contributed by atoms with Crippen molar-refractivity contribution in [3.63, 3.8) is 0 Å². The lowest BCUT2D eigenvalue weighted by Gasteiger charge is -2.21. The van der Waals surface area contributed by atoms with Crippen molar-refractivity contribution in [2.75, 3.05) is 13.2 Å². The van der Waals surface area contributed by atoms with Gasteiger partial charge in [-0.1, -0.05) is 12.8 Å². The first kappa shape index (κ1) is 20.9. The number of rotatable bonds is 11. The minimum atomic E-state index is -1.49. The molecule has 0 radical (unpaired) electrons. The fourth-order valence-corrected chi connectivity index (χ4v) is 3.20. The number of carboxylic acid groups (broad SMARTS) is 1. The minimum absolute atomic E-state index is 0.0257. The molecule has 2 fully saturated rings. The predicted octanol–water partition coefficient (Wildman–Crippen LogP) is -0.0777. The number of aliphatic hydroxyl groups excluding tert-OH is 1. The van der Waals surface area contributed by atoms with Gasteiger partial charge in [0.25, 0.3) is 10.2 Å². The van der Waals surface area contributed by atoms with Gasteiger partial charge in [0.1, 0.15) is 31.0 Å². The van der Waals surface area contributed by atoms with E-state index in [1.807, 2.05) is 0 Å². The molecule has 2 heterocycles. The van der Waals surface area contributed by atoms with Crippen LogP contribution in [0.25, 0.3) is 0 Å². The first-order valence-electron chi connectivity index (χ1n) is 8.21. The van der Waals surface area contributed by atoms with Crippen LogP contribution in [0.5, 0.6) is 0 Å². The van der Waals surface area contributed by atoms with Gasteiger partial charge >= 0.3 is 6.16 Å². The molecule has 27 heavy (non-hydrogen) atoms. The average molecular weight is 396 g/mol. The van der Waals surface area contributed by atoms with Crippen LogP contribution in [-0.4, -0.2) is 76.4 Å². The molecule has 2 N–H and O–H groups in total. The molecule has 154 valence electrons. The second kappa shape index (κ2) is 9.48. The molecular formula is C13H20N2O12.